The van der Waals surface area contributed by atoms with Crippen LogP contribution in [0.5, 0.6) is 0 Å². The van der Waals surface area contributed by atoms with Gasteiger partial charge in [-0.3, -0.25) is 9.89 Å². The van der Waals surface area contributed by atoms with Crippen LogP contribution in [0.2, 0.25) is 0 Å². The summed E-state index contributed by atoms with van der Waals surface area (Å²) in [6, 6.07) is 12.6. The lowest BCUT2D eigenvalue weighted by Gasteiger charge is -2.24. The van der Waals surface area contributed by atoms with Crippen molar-refractivity contribution < 1.29 is 4.79 Å². The number of hydrogen-bond donors (Lipinski definition) is 1. The maximum absolute atomic E-state index is 12.4. The molecule has 1 unspecified atom stereocenters. The molecule has 1 aromatic carbocycles. The number of nitrogens with zero attached hydrogens (tertiary/aromatic N) is 2. The van der Waals surface area contributed by atoms with Gasteiger partial charge < -0.3 is 4.90 Å². The summed E-state index contributed by atoms with van der Waals surface area (Å²) in [5.41, 5.74) is 1.94. The van der Waals surface area contributed by atoms with Crippen molar-refractivity contribution in [2.75, 3.05) is 6.54 Å². The predicted molar refractivity (Wildman–Crippen MR) is 77.4 cm³/mol. The molecule has 1 aromatic heterocycles. The number of rotatable bonds is 4. The number of carbonyl (C=O) groups excluding carboxylic acids is 1. The summed E-state index contributed by atoms with van der Waals surface area (Å²) in [5.74, 6) is 0.0815. The fourth-order valence-corrected chi connectivity index (χ4v) is 2.91. The molecule has 1 aliphatic rings. The topological polar surface area (TPSA) is 49.0 Å². The van der Waals surface area contributed by atoms with Crippen molar-refractivity contribution in [1.29, 1.82) is 0 Å². The molecule has 2 heterocycles. The Bertz CT molecular complexity index is 550. The van der Waals surface area contributed by atoms with Crippen molar-refractivity contribution in [3.8, 4) is 0 Å². The summed E-state index contributed by atoms with van der Waals surface area (Å²) in [7, 11) is 0. The van der Waals surface area contributed by atoms with Crippen LogP contribution in [0.4, 0.5) is 0 Å². The number of benzene rings is 1. The molecule has 3 rings (SSSR count). The molecule has 1 saturated heterocycles. The quantitative estimate of drug-likeness (QED) is 0.927. The van der Waals surface area contributed by atoms with Crippen molar-refractivity contribution in [3.05, 3.63) is 53.9 Å². The van der Waals surface area contributed by atoms with Gasteiger partial charge in [0.1, 0.15) is 5.69 Å². The second kappa shape index (κ2) is 5.90. The zero-order valence-electron chi connectivity index (χ0n) is 11.5. The van der Waals surface area contributed by atoms with Crippen LogP contribution < -0.4 is 0 Å². The van der Waals surface area contributed by atoms with E-state index in [1.165, 1.54) is 5.56 Å². The van der Waals surface area contributed by atoms with E-state index in [0.717, 1.165) is 32.2 Å². The van der Waals surface area contributed by atoms with Crippen molar-refractivity contribution in [1.82, 2.24) is 15.1 Å². The molecule has 0 spiro atoms. The fourth-order valence-electron chi connectivity index (χ4n) is 2.91. The zero-order valence-corrected chi connectivity index (χ0v) is 11.5. The molecular formula is C16H19N3O. The number of aryl methyl sites for hydroxylation is 1. The molecule has 2 aromatic rings. The smallest absolute Gasteiger partial charge is 0.272 e. The molecule has 0 radical (unpaired) electrons. The van der Waals surface area contributed by atoms with E-state index in [9.17, 15) is 4.79 Å². The fraction of sp³-hybridized carbons (Fsp3) is 0.375. The zero-order chi connectivity index (χ0) is 13.8. The molecule has 4 heteroatoms. The van der Waals surface area contributed by atoms with E-state index in [1.54, 1.807) is 12.3 Å². The lowest BCUT2D eigenvalue weighted by molar-refractivity contribution is 0.0724. The summed E-state index contributed by atoms with van der Waals surface area (Å²) < 4.78 is 0. The molecule has 1 fully saturated rings. The van der Waals surface area contributed by atoms with Crippen LogP contribution in [0.15, 0.2) is 42.6 Å². The standard InChI is InChI=1S/C16H19N3O/c20-16(15-10-11-17-18-15)19-12-4-7-14(19)9-8-13-5-2-1-3-6-13/h1-3,5-6,10-11,14H,4,7-9,12H2,(H,17,18). The van der Waals surface area contributed by atoms with Crippen LogP contribution in [0.25, 0.3) is 0 Å². The first-order valence-corrected chi connectivity index (χ1v) is 7.19. The Morgan fingerprint density at radius 1 is 1.30 bits per heavy atom. The van der Waals surface area contributed by atoms with Crippen LogP contribution in [0.1, 0.15) is 35.3 Å². The Morgan fingerprint density at radius 2 is 2.15 bits per heavy atom. The molecule has 20 heavy (non-hydrogen) atoms. The molecule has 1 atom stereocenters. The monoisotopic (exact) mass is 269 g/mol. The molecule has 1 N–H and O–H groups in total. The van der Waals surface area contributed by atoms with Gasteiger partial charge in [0, 0.05) is 18.8 Å². The van der Waals surface area contributed by atoms with Gasteiger partial charge in [-0.15, -0.1) is 0 Å². The van der Waals surface area contributed by atoms with E-state index in [2.05, 4.69) is 34.5 Å². The van der Waals surface area contributed by atoms with Crippen molar-refractivity contribution in [2.45, 2.75) is 31.7 Å². The Kier molecular flexibility index (Phi) is 3.81. The number of hydrogen-bond acceptors (Lipinski definition) is 2. The Labute approximate surface area is 118 Å². The summed E-state index contributed by atoms with van der Waals surface area (Å²) in [6.07, 6.45) is 5.89. The Morgan fingerprint density at radius 3 is 2.90 bits per heavy atom. The van der Waals surface area contributed by atoms with Crippen LogP contribution in [-0.2, 0) is 6.42 Å². The Hall–Kier alpha value is -2.10. The minimum Gasteiger partial charge on any atom is -0.334 e. The number of carbonyl (C=O) groups is 1. The molecule has 4 nitrogen and oxygen atoms in total. The van der Waals surface area contributed by atoms with Gasteiger partial charge in [0.25, 0.3) is 5.91 Å². The maximum atomic E-state index is 12.4. The van der Waals surface area contributed by atoms with Gasteiger partial charge in [-0.1, -0.05) is 30.3 Å². The molecule has 1 amide bonds. The first kappa shape index (κ1) is 12.9. The SMILES string of the molecule is O=C(c1ccn[nH]1)N1CCCC1CCc1ccccc1. The van der Waals surface area contributed by atoms with E-state index in [-0.39, 0.29) is 5.91 Å². The van der Waals surface area contributed by atoms with Gasteiger partial charge >= 0.3 is 0 Å². The van der Waals surface area contributed by atoms with Gasteiger partial charge in [0.2, 0.25) is 0 Å². The third-order valence-corrected chi connectivity index (χ3v) is 3.98. The number of aromatic nitrogens is 2. The second-order valence-electron chi connectivity index (χ2n) is 5.29. The number of nitrogens with one attached hydrogen (secondary N) is 1. The second-order valence-corrected chi connectivity index (χ2v) is 5.29. The van der Waals surface area contributed by atoms with Crippen LogP contribution in [0, 0.1) is 0 Å². The lowest BCUT2D eigenvalue weighted by atomic mass is 10.0. The van der Waals surface area contributed by atoms with Crippen molar-refractivity contribution >= 4 is 5.91 Å². The summed E-state index contributed by atoms with van der Waals surface area (Å²) in [5, 5.41) is 6.63. The lowest BCUT2D eigenvalue weighted by Crippen LogP contribution is -2.36. The minimum absolute atomic E-state index is 0.0815. The molecule has 104 valence electrons. The van der Waals surface area contributed by atoms with E-state index in [4.69, 9.17) is 0 Å². The first-order valence-electron chi connectivity index (χ1n) is 7.19. The largest absolute Gasteiger partial charge is 0.334 e. The predicted octanol–water partition coefficient (Wildman–Crippen LogP) is 2.65. The summed E-state index contributed by atoms with van der Waals surface area (Å²) >= 11 is 0. The third-order valence-electron chi connectivity index (χ3n) is 3.98. The Balaban J connectivity index is 1.63. The van der Waals surface area contributed by atoms with E-state index >= 15 is 0 Å². The minimum atomic E-state index is 0.0815. The van der Waals surface area contributed by atoms with Crippen LogP contribution in [-0.4, -0.2) is 33.6 Å². The van der Waals surface area contributed by atoms with Crippen molar-refractivity contribution in [3.63, 3.8) is 0 Å². The molecular weight excluding hydrogens is 250 g/mol. The molecule has 1 aliphatic heterocycles. The van der Waals surface area contributed by atoms with Gasteiger partial charge in [-0.05, 0) is 37.3 Å². The average Bonchev–Trinajstić information content (AvgIpc) is 3.17. The highest BCUT2D eigenvalue weighted by Gasteiger charge is 2.29. The number of likely N-dealkylation sites (tertiary alicyclic amines) is 1. The van der Waals surface area contributed by atoms with E-state index < -0.39 is 0 Å². The van der Waals surface area contributed by atoms with Crippen LogP contribution >= 0.6 is 0 Å². The van der Waals surface area contributed by atoms with Gasteiger partial charge in [-0.25, -0.2) is 0 Å². The van der Waals surface area contributed by atoms with Crippen LogP contribution in [0.3, 0.4) is 0 Å². The summed E-state index contributed by atoms with van der Waals surface area (Å²) in [4.78, 5) is 14.4. The number of H-pyrrole nitrogens is 1. The van der Waals surface area contributed by atoms with E-state index in [1.807, 2.05) is 11.0 Å². The molecule has 0 aliphatic carbocycles. The third kappa shape index (κ3) is 2.74. The highest BCUT2D eigenvalue weighted by atomic mass is 16.2. The molecule has 0 saturated carbocycles. The van der Waals surface area contributed by atoms with E-state index in [0.29, 0.717) is 11.7 Å². The normalized spacial score (nSPS) is 18.4. The number of aromatic amines is 1. The maximum Gasteiger partial charge on any atom is 0.272 e. The molecule has 0 bridgehead atoms. The van der Waals surface area contributed by atoms with Gasteiger partial charge in [0.15, 0.2) is 0 Å². The first-order chi connectivity index (χ1) is 9.84. The highest BCUT2D eigenvalue weighted by molar-refractivity contribution is 5.92. The van der Waals surface area contributed by atoms with Crippen molar-refractivity contribution in [2.24, 2.45) is 0 Å². The van der Waals surface area contributed by atoms with Gasteiger partial charge in [0.05, 0.1) is 0 Å². The average molecular weight is 269 g/mol. The number of amides is 1. The highest BCUT2D eigenvalue weighted by Crippen LogP contribution is 2.23. The summed E-state index contributed by atoms with van der Waals surface area (Å²) in [6.45, 7) is 0.858. The van der Waals surface area contributed by atoms with Gasteiger partial charge in [-0.2, -0.15) is 5.10 Å².